The zero-order valence-corrected chi connectivity index (χ0v) is 10.00. The molecule has 0 aliphatic carbocycles. The van der Waals surface area contributed by atoms with Gasteiger partial charge in [-0.2, -0.15) is 11.8 Å². The number of thioether (sulfide) groups is 1. The van der Waals surface area contributed by atoms with E-state index in [1.54, 1.807) is 12.4 Å². The molecular formula is C10H15N5S. The summed E-state index contributed by atoms with van der Waals surface area (Å²) >= 11 is 1.97. The van der Waals surface area contributed by atoms with E-state index in [0.29, 0.717) is 11.7 Å². The van der Waals surface area contributed by atoms with E-state index in [2.05, 4.69) is 14.9 Å². The minimum atomic E-state index is -0.0434. The van der Waals surface area contributed by atoms with Gasteiger partial charge < -0.3 is 10.6 Å². The van der Waals surface area contributed by atoms with Crippen molar-refractivity contribution in [3.05, 3.63) is 18.1 Å². The minimum absolute atomic E-state index is 0.0434. The van der Waals surface area contributed by atoms with E-state index in [1.165, 1.54) is 12.2 Å². The van der Waals surface area contributed by atoms with Crippen molar-refractivity contribution in [1.29, 1.82) is 5.41 Å². The number of anilines is 1. The van der Waals surface area contributed by atoms with Gasteiger partial charge in [0.25, 0.3) is 0 Å². The van der Waals surface area contributed by atoms with Crippen molar-refractivity contribution in [2.75, 3.05) is 23.5 Å². The Morgan fingerprint density at radius 1 is 1.56 bits per heavy atom. The van der Waals surface area contributed by atoms with Crippen LogP contribution in [0, 0.1) is 5.41 Å². The summed E-state index contributed by atoms with van der Waals surface area (Å²) in [5.74, 6) is 3.16. The van der Waals surface area contributed by atoms with Gasteiger partial charge in [0.05, 0.1) is 12.4 Å². The largest absolute Gasteiger partial charge is 0.382 e. The van der Waals surface area contributed by atoms with Gasteiger partial charge in [-0.25, -0.2) is 9.97 Å². The van der Waals surface area contributed by atoms with Crippen LogP contribution in [0.25, 0.3) is 0 Å². The molecule has 0 aromatic carbocycles. The van der Waals surface area contributed by atoms with Crippen molar-refractivity contribution < 1.29 is 0 Å². The summed E-state index contributed by atoms with van der Waals surface area (Å²) in [5.41, 5.74) is 5.75. The van der Waals surface area contributed by atoms with Crippen LogP contribution in [0.4, 0.5) is 5.82 Å². The second-order valence-corrected chi connectivity index (χ2v) is 4.95. The molecule has 2 rings (SSSR count). The lowest BCUT2D eigenvalue weighted by Crippen LogP contribution is -2.32. The number of nitrogen functional groups attached to an aromatic ring is 1. The number of nitrogens with one attached hydrogen (secondary N) is 1. The van der Waals surface area contributed by atoms with E-state index in [4.69, 9.17) is 11.1 Å². The van der Waals surface area contributed by atoms with Crippen LogP contribution in [0.15, 0.2) is 12.4 Å². The fourth-order valence-corrected chi connectivity index (χ4v) is 2.92. The van der Waals surface area contributed by atoms with Crippen molar-refractivity contribution in [3.8, 4) is 0 Å². The van der Waals surface area contributed by atoms with Crippen molar-refractivity contribution in [1.82, 2.24) is 9.97 Å². The highest BCUT2D eigenvalue weighted by atomic mass is 32.2. The van der Waals surface area contributed by atoms with Crippen LogP contribution >= 0.6 is 11.8 Å². The van der Waals surface area contributed by atoms with E-state index in [9.17, 15) is 0 Å². The number of amidine groups is 1. The zero-order valence-electron chi connectivity index (χ0n) is 9.18. The highest BCUT2D eigenvalue weighted by Gasteiger charge is 2.21. The van der Waals surface area contributed by atoms with Crippen molar-refractivity contribution in [3.63, 3.8) is 0 Å². The topological polar surface area (TPSA) is 78.9 Å². The van der Waals surface area contributed by atoms with Crippen LogP contribution in [0.1, 0.15) is 12.1 Å². The van der Waals surface area contributed by atoms with Gasteiger partial charge in [-0.3, -0.25) is 5.41 Å². The molecule has 1 fully saturated rings. The Kier molecular flexibility index (Phi) is 3.28. The molecule has 16 heavy (non-hydrogen) atoms. The maximum atomic E-state index is 7.24. The summed E-state index contributed by atoms with van der Waals surface area (Å²) in [7, 11) is 2.04. The summed E-state index contributed by atoms with van der Waals surface area (Å²) in [4.78, 5) is 10.5. The molecule has 6 heteroatoms. The fraction of sp³-hybridized carbons (Fsp3) is 0.500. The van der Waals surface area contributed by atoms with E-state index in [-0.39, 0.29) is 5.84 Å². The molecule has 1 aromatic heterocycles. The third kappa shape index (κ3) is 2.27. The Labute approximate surface area is 99.0 Å². The van der Waals surface area contributed by atoms with Gasteiger partial charge in [0.2, 0.25) is 0 Å². The number of nitrogens with zero attached hydrogens (tertiary/aromatic N) is 3. The maximum absolute atomic E-state index is 7.24. The quantitative estimate of drug-likeness (QED) is 0.597. The number of nitrogens with two attached hydrogens (primary N) is 1. The summed E-state index contributed by atoms with van der Waals surface area (Å²) in [6.07, 6.45) is 4.42. The molecule has 0 radical (unpaired) electrons. The van der Waals surface area contributed by atoms with Gasteiger partial charge in [-0.1, -0.05) is 0 Å². The number of aromatic nitrogens is 2. The lowest BCUT2D eigenvalue weighted by Gasteiger charge is -2.24. The Hall–Kier alpha value is -1.30. The van der Waals surface area contributed by atoms with Gasteiger partial charge in [0.1, 0.15) is 17.3 Å². The van der Waals surface area contributed by atoms with Gasteiger partial charge in [0, 0.05) is 18.8 Å². The fourth-order valence-electron chi connectivity index (χ4n) is 1.66. The average Bonchev–Trinajstić information content (AvgIpc) is 2.81. The molecular weight excluding hydrogens is 222 g/mol. The molecule has 0 amide bonds. The van der Waals surface area contributed by atoms with Crippen LogP contribution in [-0.4, -0.2) is 40.4 Å². The predicted octanol–water partition coefficient (Wildman–Crippen LogP) is 0.702. The maximum Gasteiger partial charge on any atom is 0.147 e. The van der Waals surface area contributed by atoms with Crippen molar-refractivity contribution >= 4 is 23.4 Å². The molecule has 0 spiro atoms. The Bertz CT molecular complexity index is 371. The second kappa shape index (κ2) is 4.69. The normalized spacial score (nSPS) is 19.7. The van der Waals surface area contributed by atoms with Gasteiger partial charge in [-0.05, 0) is 12.2 Å². The first-order chi connectivity index (χ1) is 7.68. The molecule has 5 nitrogen and oxygen atoms in total. The molecule has 0 saturated carbocycles. The SMILES string of the molecule is CN(c1cnc(C(=N)N)cn1)C1CCSC1. The first-order valence-electron chi connectivity index (χ1n) is 5.15. The summed E-state index contributed by atoms with van der Waals surface area (Å²) < 4.78 is 0. The summed E-state index contributed by atoms with van der Waals surface area (Å²) in [6, 6.07) is 0.544. The molecule has 1 aromatic rings. The van der Waals surface area contributed by atoms with Gasteiger partial charge in [-0.15, -0.1) is 0 Å². The Morgan fingerprint density at radius 3 is 2.88 bits per heavy atom. The van der Waals surface area contributed by atoms with Gasteiger partial charge >= 0.3 is 0 Å². The summed E-state index contributed by atoms with van der Waals surface area (Å²) in [5, 5.41) is 7.24. The summed E-state index contributed by atoms with van der Waals surface area (Å²) in [6.45, 7) is 0. The number of hydrogen-bond donors (Lipinski definition) is 2. The first kappa shape index (κ1) is 11.2. The Morgan fingerprint density at radius 2 is 2.38 bits per heavy atom. The van der Waals surface area contributed by atoms with Crippen LogP contribution in [0.3, 0.4) is 0 Å². The van der Waals surface area contributed by atoms with Crippen LogP contribution in [0.5, 0.6) is 0 Å². The first-order valence-corrected chi connectivity index (χ1v) is 6.31. The molecule has 1 aliphatic heterocycles. The lowest BCUT2D eigenvalue weighted by atomic mass is 10.2. The number of hydrogen-bond acceptors (Lipinski definition) is 5. The second-order valence-electron chi connectivity index (χ2n) is 3.80. The molecule has 1 aliphatic rings. The monoisotopic (exact) mass is 237 g/mol. The third-order valence-corrected chi connectivity index (χ3v) is 3.87. The van der Waals surface area contributed by atoms with Gasteiger partial charge in [0.15, 0.2) is 0 Å². The standard InChI is InChI=1S/C10H15N5S/c1-15(7-2-3-16-6-7)9-5-13-8(4-14-9)10(11)12/h4-5,7H,2-3,6H2,1H3,(H3,11,12). The van der Waals surface area contributed by atoms with Crippen molar-refractivity contribution in [2.24, 2.45) is 5.73 Å². The van der Waals surface area contributed by atoms with Crippen LogP contribution in [0.2, 0.25) is 0 Å². The van der Waals surface area contributed by atoms with E-state index >= 15 is 0 Å². The molecule has 0 bridgehead atoms. The van der Waals surface area contributed by atoms with E-state index in [1.807, 2.05) is 18.8 Å². The molecule has 1 saturated heterocycles. The molecule has 2 heterocycles. The highest BCUT2D eigenvalue weighted by Crippen LogP contribution is 2.24. The van der Waals surface area contributed by atoms with Crippen LogP contribution in [-0.2, 0) is 0 Å². The minimum Gasteiger partial charge on any atom is -0.382 e. The molecule has 1 atom stereocenters. The Balaban J connectivity index is 2.11. The van der Waals surface area contributed by atoms with Crippen LogP contribution < -0.4 is 10.6 Å². The predicted molar refractivity (Wildman–Crippen MR) is 67.2 cm³/mol. The van der Waals surface area contributed by atoms with Crippen molar-refractivity contribution in [2.45, 2.75) is 12.5 Å². The smallest absolute Gasteiger partial charge is 0.147 e. The molecule has 86 valence electrons. The zero-order chi connectivity index (χ0) is 11.5. The van der Waals surface area contributed by atoms with E-state index < -0.39 is 0 Å². The molecule has 3 N–H and O–H groups in total. The third-order valence-electron chi connectivity index (χ3n) is 2.73. The lowest BCUT2D eigenvalue weighted by molar-refractivity contribution is 0.690. The average molecular weight is 237 g/mol. The molecule has 1 unspecified atom stereocenters. The highest BCUT2D eigenvalue weighted by molar-refractivity contribution is 7.99. The van der Waals surface area contributed by atoms with E-state index in [0.717, 1.165) is 11.6 Å². The number of rotatable bonds is 3.